The van der Waals surface area contributed by atoms with Crippen molar-refractivity contribution in [3.05, 3.63) is 24.2 Å². The van der Waals surface area contributed by atoms with Gasteiger partial charge in [-0.2, -0.15) is 0 Å². The first kappa shape index (κ1) is 15.2. The van der Waals surface area contributed by atoms with Gasteiger partial charge in [-0.1, -0.05) is 13.3 Å². The first-order chi connectivity index (χ1) is 12.1. The standard InChI is InChI=1S/C20H26O5/c1-12-7-16(21)20-11-23-17-19(12,8-14(25-17)13-4-6-22-9-13)15(20)3-2-5-18(20)10-24-18/h4,6,9,12,14-17,21H,2-3,5,7-8,10-11H2,1H3/t12-,14+,15-,16-,17+,18+,19?,20+/m1/s1. The zero-order valence-corrected chi connectivity index (χ0v) is 14.6. The van der Waals surface area contributed by atoms with Gasteiger partial charge in [0.15, 0.2) is 6.29 Å². The Balaban J connectivity index is 1.47. The van der Waals surface area contributed by atoms with Gasteiger partial charge in [-0.05, 0) is 43.6 Å². The van der Waals surface area contributed by atoms with Gasteiger partial charge < -0.3 is 23.7 Å². The van der Waals surface area contributed by atoms with E-state index >= 15 is 0 Å². The molecular weight excluding hydrogens is 320 g/mol. The molecule has 4 heterocycles. The summed E-state index contributed by atoms with van der Waals surface area (Å²) in [5.41, 5.74) is 0.674. The molecule has 2 spiro atoms. The molecule has 1 aromatic heterocycles. The first-order valence-corrected chi connectivity index (χ1v) is 9.74. The summed E-state index contributed by atoms with van der Waals surface area (Å²) in [4.78, 5) is 0. The van der Waals surface area contributed by atoms with Crippen LogP contribution < -0.4 is 0 Å². The number of epoxide rings is 1. The smallest absolute Gasteiger partial charge is 0.164 e. The van der Waals surface area contributed by atoms with Crippen LogP contribution >= 0.6 is 0 Å². The van der Waals surface area contributed by atoms with Crippen molar-refractivity contribution in [1.29, 1.82) is 0 Å². The Morgan fingerprint density at radius 2 is 2.16 bits per heavy atom. The third kappa shape index (κ3) is 1.61. The van der Waals surface area contributed by atoms with Crippen LogP contribution in [0.5, 0.6) is 0 Å². The van der Waals surface area contributed by atoms with Crippen molar-refractivity contribution >= 4 is 0 Å². The van der Waals surface area contributed by atoms with Gasteiger partial charge in [-0.3, -0.25) is 0 Å². The summed E-state index contributed by atoms with van der Waals surface area (Å²) in [6, 6.07) is 2.00. The fraction of sp³-hybridized carbons (Fsp3) is 0.800. The van der Waals surface area contributed by atoms with E-state index in [4.69, 9.17) is 18.6 Å². The maximum absolute atomic E-state index is 11.2. The second kappa shape index (κ2) is 4.69. The first-order valence-electron chi connectivity index (χ1n) is 9.74. The van der Waals surface area contributed by atoms with Crippen LogP contribution in [0.4, 0.5) is 0 Å². The number of aliphatic hydroxyl groups is 1. The average Bonchev–Trinajstić information content (AvgIpc) is 3.06. The monoisotopic (exact) mass is 346 g/mol. The van der Waals surface area contributed by atoms with E-state index in [1.165, 1.54) is 6.42 Å². The third-order valence-corrected chi connectivity index (χ3v) is 8.43. The molecule has 2 aliphatic carbocycles. The molecule has 8 atom stereocenters. The summed E-state index contributed by atoms with van der Waals surface area (Å²) in [7, 11) is 0. The highest BCUT2D eigenvalue weighted by atomic mass is 16.7. The predicted molar refractivity (Wildman–Crippen MR) is 87.6 cm³/mol. The minimum absolute atomic E-state index is 0.0234. The van der Waals surface area contributed by atoms with Gasteiger partial charge in [-0.15, -0.1) is 0 Å². The van der Waals surface area contributed by atoms with Crippen molar-refractivity contribution in [3.8, 4) is 0 Å². The van der Waals surface area contributed by atoms with Gasteiger partial charge in [0.25, 0.3) is 0 Å². The minimum Gasteiger partial charge on any atom is -0.472 e. The summed E-state index contributed by atoms with van der Waals surface area (Å²) < 4.78 is 24.1. The van der Waals surface area contributed by atoms with Crippen molar-refractivity contribution in [2.75, 3.05) is 13.2 Å². The van der Waals surface area contributed by atoms with E-state index in [-0.39, 0.29) is 34.9 Å². The van der Waals surface area contributed by atoms with Crippen molar-refractivity contribution in [1.82, 2.24) is 0 Å². The average molecular weight is 346 g/mol. The third-order valence-electron chi connectivity index (χ3n) is 8.43. The molecule has 5 nitrogen and oxygen atoms in total. The van der Waals surface area contributed by atoms with Gasteiger partial charge in [-0.25, -0.2) is 0 Å². The van der Waals surface area contributed by atoms with Crippen LogP contribution in [0.1, 0.15) is 50.7 Å². The summed E-state index contributed by atoms with van der Waals surface area (Å²) >= 11 is 0. The molecule has 1 aromatic rings. The zero-order valence-electron chi connectivity index (χ0n) is 14.6. The lowest BCUT2D eigenvalue weighted by molar-refractivity contribution is -0.331. The van der Waals surface area contributed by atoms with Crippen molar-refractivity contribution in [2.45, 2.75) is 63.1 Å². The van der Waals surface area contributed by atoms with Crippen LogP contribution in [0.25, 0.3) is 0 Å². The molecule has 2 saturated carbocycles. The Bertz CT molecular complexity index is 682. The second-order valence-electron chi connectivity index (χ2n) is 9.06. The van der Waals surface area contributed by atoms with Gasteiger partial charge in [0, 0.05) is 11.0 Å². The lowest BCUT2D eigenvalue weighted by Crippen LogP contribution is -2.71. The molecular formula is C20H26O5. The molecule has 2 bridgehead atoms. The van der Waals surface area contributed by atoms with E-state index in [0.29, 0.717) is 18.4 Å². The normalized spacial score (nSPS) is 56.5. The molecule has 1 N–H and O–H groups in total. The Labute approximate surface area is 147 Å². The van der Waals surface area contributed by atoms with E-state index in [9.17, 15) is 5.11 Å². The molecule has 3 saturated heterocycles. The lowest BCUT2D eigenvalue weighted by atomic mass is 9.41. The number of aliphatic hydroxyl groups excluding tert-OH is 1. The van der Waals surface area contributed by atoms with Gasteiger partial charge in [0.1, 0.15) is 5.60 Å². The highest BCUT2D eigenvalue weighted by Crippen LogP contribution is 2.74. The highest BCUT2D eigenvalue weighted by molar-refractivity contribution is 5.26. The molecule has 136 valence electrons. The van der Waals surface area contributed by atoms with Crippen LogP contribution in [0.2, 0.25) is 0 Å². The molecule has 0 aromatic carbocycles. The maximum atomic E-state index is 11.2. The summed E-state index contributed by atoms with van der Waals surface area (Å²) in [6.07, 6.45) is 8.17. The zero-order chi connectivity index (χ0) is 16.9. The number of furan rings is 1. The predicted octanol–water partition coefficient (Wildman–Crippen LogP) is 3.04. The number of hydrogen-bond acceptors (Lipinski definition) is 5. The number of rotatable bonds is 1. The summed E-state index contributed by atoms with van der Waals surface area (Å²) in [5.74, 6) is 0.780. The van der Waals surface area contributed by atoms with Gasteiger partial charge in [0.05, 0.1) is 43.4 Å². The van der Waals surface area contributed by atoms with Crippen molar-refractivity contribution in [2.24, 2.45) is 22.7 Å². The summed E-state index contributed by atoms with van der Waals surface area (Å²) in [6.45, 7) is 3.63. The molecule has 5 heteroatoms. The molecule has 0 radical (unpaired) electrons. The minimum atomic E-state index is -0.338. The molecule has 5 aliphatic rings. The van der Waals surface area contributed by atoms with Crippen LogP contribution in [0.15, 0.2) is 23.0 Å². The maximum Gasteiger partial charge on any atom is 0.164 e. The Hall–Kier alpha value is -0.880. The van der Waals surface area contributed by atoms with E-state index in [2.05, 4.69) is 6.92 Å². The number of hydrogen-bond donors (Lipinski definition) is 1. The van der Waals surface area contributed by atoms with E-state index in [1.54, 1.807) is 12.5 Å². The summed E-state index contributed by atoms with van der Waals surface area (Å²) in [5, 5.41) is 11.2. The van der Waals surface area contributed by atoms with E-state index < -0.39 is 0 Å². The molecule has 3 aliphatic heterocycles. The van der Waals surface area contributed by atoms with Crippen LogP contribution in [-0.4, -0.2) is 36.3 Å². The van der Waals surface area contributed by atoms with E-state index in [0.717, 1.165) is 37.9 Å². The fourth-order valence-corrected chi connectivity index (χ4v) is 7.16. The second-order valence-corrected chi connectivity index (χ2v) is 9.06. The highest BCUT2D eigenvalue weighted by Gasteiger charge is 2.79. The van der Waals surface area contributed by atoms with Crippen LogP contribution in [-0.2, 0) is 14.2 Å². The van der Waals surface area contributed by atoms with Crippen LogP contribution in [0.3, 0.4) is 0 Å². The van der Waals surface area contributed by atoms with Crippen molar-refractivity contribution in [3.63, 3.8) is 0 Å². The molecule has 0 amide bonds. The van der Waals surface area contributed by atoms with Gasteiger partial charge in [0.2, 0.25) is 0 Å². The molecule has 1 unspecified atom stereocenters. The Kier molecular flexibility index (Phi) is 2.85. The topological polar surface area (TPSA) is 64.4 Å². The Morgan fingerprint density at radius 1 is 1.28 bits per heavy atom. The molecule has 5 fully saturated rings. The SMILES string of the molecule is C[C@@H]1C[C@@H](O)[C@]23CO[C@H]4O[C@H](c5ccoc5)CC41[C@H]2CCC[C@]31CO1. The van der Waals surface area contributed by atoms with Gasteiger partial charge >= 0.3 is 0 Å². The quantitative estimate of drug-likeness (QED) is 0.792. The number of ether oxygens (including phenoxy) is 3. The lowest BCUT2D eigenvalue weighted by Gasteiger charge is -2.66. The van der Waals surface area contributed by atoms with E-state index in [1.807, 2.05) is 6.07 Å². The largest absolute Gasteiger partial charge is 0.472 e. The Morgan fingerprint density at radius 3 is 2.92 bits per heavy atom. The molecule has 6 rings (SSSR count). The van der Waals surface area contributed by atoms with Crippen molar-refractivity contribution < 1.29 is 23.7 Å². The molecule has 25 heavy (non-hydrogen) atoms. The fourth-order valence-electron chi connectivity index (χ4n) is 7.16. The van der Waals surface area contributed by atoms with Crippen LogP contribution in [0, 0.1) is 22.7 Å².